The number of amides is 1. The summed E-state index contributed by atoms with van der Waals surface area (Å²) < 4.78 is 10.6. The minimum absolute atomic E-state index is 0.150. The summed E-state index contributed by atoms with van der Waals surface area (Å²) in [6.07, 6.45) is -1.34. The van der Waals surface area contributed by atoms with Crippen molar-refractivity contribution >= 4 is 6.09 Å². The van der Waals surface area contributed by atoms with E-state index in [2.05, 4.69) is 5.32 Å². The zero-order chi connectivity index (χ0) is 14.0. The Bertz CT molecular complexity index is 467. The van der Waals surface area contributed by atoms with Crippen LogP contribution in [0.4, 0.5) is 4.79 Å². The minimum atomic E-state index is -0.789. The second-order valence-corrected chi connectivity index (χ2v) is 5.54. The first-order valence-electron chi connectivity index (χ1n) is 6.26. The molecule has 5 heteroatoms. The lowest BCUT2D eigenvalue weighted by Crippen LogP contribution is -2.43. The van der Waals surface area contributed by atoms with E-state index in [1.807, 2.05) is 24.3 Å². The number of aliphatic hydroxyl groups is 1. The molecule has 1 aliphatic heterocycles. The van der Waals surface area contributed by atoms with E-state index in [1.54, 1.807) is 20.8 Å². The van der Waals surface area contributed by atoms with Gasteiger partial charge in [0.25, 0.3) is 0 Å². The van der Waals surface area contributed by atoms with Gasteiger partial charge in [0.1, 0.15) is 24.1 Å². The van der Waals surface area contributed by atoms with Crippen molar-refractivity contribution in [1.29, 1.82) is 0 Å². The van der Waals surface area contributed by atoms with Crippen molar-refractivity contribution in [3.63, 3.8) is 0 Å². The van der Waals surface area contributed by atoms with Gasteiger partial charge >= 0.3 is 6.09 Å². The summed E-state index contributed by atoms with van der Waals surface area (Å²) in [7, 11) is 0. The summed E-state index contributed by atoms with van der Waals surface area (Å²) >= 11 is 0. The fourth-order valence-corrected chi connectivity index (χ4v) is 1.96. The van der Waals surface area contributed by atoms with Crippen molar-refractivity contribution in [3.8, 4) is 5.75 Å². The number of carbonyl (C=O) groups excluding carboxylic acids is 1. The second kappa shape index (κ2) is 5.09. The molecule has 19 heavy (non-hydrogen) atoms. The molecule has 2 rings (SSSR count). The molecule has 1 amide bonds. The number of benzene rings is 1. The van der Waals surface area contributed by atoms with E-state index in [4.69, 9.17) is 9.47 Å². The predicted molar refractivity (Wildman–Crippen MR) is 70.1 cm³/mol. The summed E-state index contributed by atoms with van der Waals surface area (Å²) in [6.45, 7) is 5.53. The Morgan fingerprint density at radius 3 is 2.79 bits per heavy atom. The molecule has 0 saturated heterocycles. The van der Waals surface area contributed by atoms with Gasteiger partial charge in [0.15, 0.2) is 0 Å². The van der Waals surface area contributed by atoms with Gasteiger partial charge in [-0.1, -0.05) is 18.2 Å². The number of aliphatic hydroxyl groups excluding tert-OH is 1. The van der Waals surface area contributed by atoms with Gasteiger partial charge in [-0.2, -0.15) is 0 Å². The van der Waals surface area contributed by atoms with Gasteiger partial charge < -0.3 is 19.9 Å². The lowest BCUT2D eigenvalue weighted by Gasteiger charge is -2.31. The van der Waals surface area contributed by atoms with Crippen molar-refractivity contribution in [2.45, 2.75) is 38.5 Å². The Hall–Kier alpha value is -1.75. The molecule has 1 aliphatic rings. The average molecular weight is 265 g/mol. The highest BCUT2D eigenvalue weighted by atomic mass is 16.6. The molecular weight excluding hydrogens is 246 g/mol. The molecule has 5 nitrogen and oxygen atoms in total. The lowest BCUT2D eigenvalue weighted by atomic mass is 9.98. The lowest BCUT2D eigenvalue weighted by molar-refractivity contribution is 0.0276. The number of hydrogen-bond donors (Lipinski definition) is 2. The molecule has 1 heterocycles. The fourth-order valence-electron chi connectivity index (χ4n) is 1.96. The number of ether oxygens (including phenoxy) is 2. The molecule has 1 aromatic carbocycles. The third kappa shape index (κ3) is 3.38. The SMILES string of the molecule is CC(C)(C)OC(=O)NC1c2ccccc2OCC1O. The van der Waals surface area contributed by atoms with E-state index in [0.29, 0.717) is 5.75 Å². The van der Waals surface area contributed by atoms with Crippen LogP contribution in [0.3, 0.4) is 0 Å². The summed E-state index contributed by atoms with van der Waals surface area (Å²) in [5.41, 5.74) is 0.187. The number of hydrogen-bond acceptors (Lipinski definition) is 4. The van der Waals surface area contributed by atoms with Gasteiger partial charge in [0.2, 0.25) is 0 Å². The van der Waals surface area contributed by atoms with Gasteiger partial charge in [0, 0.05) is 5.56 Å². The van der Waals surface area contributed by atoms with Crippen LogP contribution in [0.1, 0.15) is 32.4 Å². The Labute approximate surface area is 112 Å². The molecule has 0 fully saturated rings. The maximum atomic E-state index is 11.8. The Balaban J connectivity index is 2.13. The summed E-state index contributed by atoms with van der Waals surface area (Å²) in [5.74, 6) is 0.675. The van der Waals surface area contributed by atoms with Crippen LogP contribution in [0.15, 0.2) is 24.3 Å². The van der Waals surface area contributed by atoms with E-state index in [1.165, 1.54) is 0 Å². The molecule has 104 valence electrons. The third-order valence-electron chi connectivity index (χ3n) is 2.72. The van der Waals surface area contributed by atoms with Gasteiger partial charge in [0.05, 0.1) is 6.04 Å². The molecule has 0 aromatic heterocycles. The quantitative estimate of drug-likeness (QED) is 0.815. The molecule has 2 atom stereocenters. The monoisotopic (exact) mass is 265 g/mol. The van der Waals surface area contributed by atoms with Crippen LogP contribution in [-0.4, -0.2) is 29.5 Å². The van der Waals surface area contributed by atoms with Gasteiger partial charge in [-0.15, -0.1) is 0 Å². The highest BCUT2D eigenvalue weighted by Crippen LogP contribution is 2.31. The van der Waals surface area contributed by atoms with Crippen LogP contribution >= 0.6 is 0 Å². The van der Waals surface area contributed by atoms with E-state index < -0.39 is 23.8 Å². The summed E-state index contributed by atoms with van der Waals surface area (Å²) in [6, 6.07) is 6.80. The van der Waals surface area contributed by atoms with Crippen LogP contribution < -0.4 is 10.1 Å². The average Bonchev–Trinajstić information content (AvgIpc) is 2.31. The highest BCUT2D eigenvalue weighted by Gasteiger charge is 2.31. The fraction of sp³-hybridized carbons (Fsp3) is 0.500. The third-order valence-corrected chi connectivity index (χ3v) is 2.72. The zero-order valence-corrected chi connectivity index (χ0v) is 11.3. The van der Waals surface area contributed by atoms with Crippen molar-refractivity contribution < 1.29 is 19.4 Å². The minimum Gasteiger partial charge on any atom is -0.490 e. The molecule has 0 aliphatic carbocycles. The summed E-state index contributed by atoms with van der Waals surface area (Å²) in [4.78, 5) is 11.8. The van der Waals surface area contributed by atoms with Gasteiger partial charge in [-0.25, -0.2) is 4.79 Å². The van der Waals surface area contributed by atoms with Crippen LogP contribution in [0.2, 0.25) is 0 Å². The van der Waals surface area contributed by atoms with Crippen molar-refractivity contribution in [1.82, 2.24) is 5.32 Å². The Kier molecular flexibility index (Phi) is 3.66. The van der Waals surface area contributed by atoms with Gasteiger partial charge in [-0.05, 0) is 26.8 Å². The molecule has 0 spiro atoms. The number of alkyl carbamates (subject to hydrolysis) is 1. The standard InChI is InChI=1S/C14H19NO4/c1-14(2,3)19-13(17)15-12-9-6-4-5-7-11(9)18-8-10(12)16/h4-7,10,12,16H,8H2,1-3H3,(H,15,17). The Morgan fingerprint density at radius 1 is 1.42 bits per heavy atom. The molecule has 1 aromatic rings. The van der Waals surface area contributed by atoms with E-state index in [-0.39, 0.29) is 6.61 Å². The first-order chi connectivity index (χ1) is 8.87. The summed E-state index contributed by atoms with van der Waals surface area (Å²) in [5, 5.41) is 12.7. The van der Waals surface area contributed by atoms with Crippen molar-refractivity contribution in [2.24, 2.45) is 0 Å². The largest absolute Gasteiger partial charge is 0.490 e. The maximum Gasteiger partial charge on any atom is 0.408 e. The first-order valence-corrected chi connectivity index (χ1v) is 6.26. The molecular formula is C14H19NO4. The van der Waals surface area contributed by atoms with Crippen LogP contribution in [0.25, 0.3) is 0 Å². The first kappa shape index (κ1) is 13.7. The van der Waals surface area contributed by atoms with E-state index in [9.17, 15) is 9.90 Å². The molecule has 0 radical (unpaired) electrons. The normalized spacial score (nSPS) is 22.1. The van der Waals surface area contributed by atoms with Crippen molar-refractivity contribution in [2.75, 3.05) is 6.61 Å². The van der Waals surface area contributed by atoms with Crippen LogP contribution in [0.5, 0.6) is 5.75 Å². The molecule has 0 saturated carbocycles. The van der Waals surface area contributed by atoms with E-state index in [0.717, 1.165) is 5.56 Å². The molecule has 2 unspecified atom stereocenters. The van der Waals surface area contributed by atoms with Crippen LogP contribution in [-0.2, 0) is 4.74 Å². The number of para-hydroxylation sites is 1. The Morgan fingerprint density at radius 2 is 2.11 bits per heavy atom. The van der Waals surface area contributed by atoms with Crippen LogP contribution in [0, 0.1) is 0 Å². The zero-order valence-electron chi connectivity index (χ0n) is 11.3. The molecule has 0 bridgehead atoms. The topological polar surface area (TPSA) is 67.8 Å². The maximum absolute atomic E-state index is 11.8. The van der Waals surface area contributed by atoms with Crippen molar-refractivity contribution in [3.05, 3.63) is 29.8 Å². The predicted octanol–water partition coefficient (Wildman–Crippen LogP) is 2.01. The smallest absolute Gasteiger partial charge is 0.408 e. The van der Waals surface area contributed by atoms with E-state index >= 15 is 0 Å². The highest BCUT2D eigenvalue weighted by molar-refractivity contribution is 5.69. The second-order valence-electron chi connectivity index (χ2n) is 5.54. The molecule has 2 N–H and O–H groups in total. The number of carbonyl (C=O) groups is 1. The number of nitrogens with one attached hydrogen (secondary N) is 1. The van der Waals surface area contributed by atoms with Gasteiger partial charge in [-0.3, -0.25) is 0 Å². The number of fused-ring (bicyclic) bond motifs is 1. The number of rotatable bonds is 1.